The zero-order valence-corrected chi connectivity index (χ0v) is 13.6. The Bertz CT molecular complexity index is 206. The quantitative estimate of drug-likeness (QED) is 0.333. The van der Waals surface area contributed by atoms with E-state index in [-0.39, 0.29) is 6.61 Å². The summed E-state index contributed by atoms with van der Waals surface area (Å²) in [6.07, 6.45) is 0. The standard InChI is InChI=1S/C14H31NO6/c1-4-16-7-8-19-13-14(15,20-11-9-17-5-2)21-12-10-18-6-3/h4-13,15H2,1-3H3. The largest absolute Gasteiger partial charge is 0.379 e. The predicted molar refractivity (Wildman–Crippen MR) is 79.1 cm³/mol. The molecular formula is C14H31NO6. The fourth-order valence-corrected chi connectivity index (χ4v) is 1.44. The average molecular weight is 309 g/mol. The van der Waals surface area contributed by atoms with Crippen molar-refractivity contribution in [3.05, 3.63) is 0 Å². The second-order valence-electron chi connectivity index (χ2n) is 4.15. The van der Waals surface area contributed by atoms with Gasteiger partial charge in [-0.15, -0.1) is 0 Å². The first-order valence-electron chi connectivity index (χ1n) is 7.56. The van der Waals surface area contributed by atoms with Crippen LogP contribution in [0.25, 0.3) is 0 Å². The van der Waals surface area contributed by atoms with E-state index >= 15 is 0 Å². The van der Waals surface area contributed by atoms with Crippen molar-refractivity contribution in [2.75, 3.05) is 66.1 Å². The van der Waals surface area contributed by atoms with Gasteiger partial charge in [-0.05, 0) is 20.8 Å². The molecule has 128 valence electrons. The zero-order chi connectivity index (χ0) is 15.8. The van der Waals surface area contributed by atoms with Gasteiger partial charge < -0.3 is 28.4 Å². The SMILES string of the molecule is CCOCCOCC(N)(OCCOCC)OCCOCC. The Hall–Kier alpha value is -0.280. The first-order valence-corrected chi connectivity index (χ1v) is 7.56. The molecule has 0 aliphatic carbocycles. The van der Waals surface area contributed by atoms with Gasteiger partial charge in [-0.25, -0.2) is 0 Å². The molecule has 0 aromatic carbocycles. The van der Waals surface area contributed by atoms with Gasteiger partial charge in [0.25, 0.3) is 0 Å². The Kier molecular flexibility index (Phi) is 14.5. The van der Waals surface area contributed by atoms with Crippen LogP contribution in [-0.4, -0.2) is 72.0 Å². The Morgan fingerprint density at radius 3 is 1.43 bits per heavy atom. The summed E-state index contributed by atoms with van der Waals surface area (Å²) in [5.41, 5.74) is 6.06. The van der Waals surface area contributed by atoms with Gasteiger partial charge in [0.2, 0.25) is 5.91 Å². The van der Waals surface area contributed by atoms with E-state index in [2.05, 4.69) is 0 Å². The number of nitrogens with two attached hydrogens (primary N) is 1. The lowest BCUT2D eigenvalue weighted by Crippen LogP contribution is -2.51. The van der Waals surface area contributed by atoms with Crippen molar-refractivity contribution in [2.24, 2.45) is 5.73 Å². The van der Waals surface area contributed by atoms with Crippen LogP contribution >= 0.6 is 0 Å². The van der Waals surface area contributed by atoms with E-state index < -0.39 is 5.91 Å². The molecule has 7 nitrogen and oxygen atoms in total. The van der Waals surface area contributed by atoms with Crippen LogP contribution in [0.15, 0.2) is 0 Å². The highest BCUT2D eigenvalue weighted by Gasteiger charge is 2.27. The summed E-state index contributed by atoms with van der Waals surface area (Å²) < 4.78 is 32.1. The molecule has 0 spiro atoms. The van der Waals surface area contributed by atoms with Crippen molar-refractivity contribution >= 4 is 0 Å². The molecule has 0 bridgehead atoms. The number of hydrogen-bond acceptors (Lipinski definition) is 7. The molecule has 0 fully saturated rings. The maximum absolute atomic E-state index is 6.06. The Balaban J connectivity index is 3.98. The average Bonchev–Trinajstić information content (AvgIpc) is 2.48. The van der Waals surface area contributed by atoms with Crippen LogP contribution in [0.2, 0.25) is 0 Å². The predicted octanol–water partition coefficient (Wildman–Crippen LogP) is 0.758. The number of rotatable bonds is 16. The second-order valence-corrected chi connectivity index (χ2v) is 4.15. The maximum Gasteiger partial charge on any atom is 0.249 e. The lowest BCUT2D eigenvalue weighted by molar-refractivity contribution is -0.265. The van der Waals surface area contributed by atoms with E-state index in [1.165, 1.54) is 0 Å². The summed E-state index contributed by atoms with van der Waals surface area (Å²) in [5.74, 6) is -1.29. The molecule has 0 atom stereocenters. The maximum atomic E-state index is 6.06. The van der Waals surface area contributed by atoms with Crippen LogP contribution in [0.5, 0.6) is 0 Å². The third-order valence-corrected chi connectivity index (χ3v) is 2.44. The van der Waals surface area contributed by atoms with Gasteiger partial charge in [-0.1, -0.05) is 0 Å². The number of hydrogen-bond donors (Lipinski definition) is 1. The van der Waals surface area contributed by atoms with Gasteiger partial charge in [-0.2, -0.15) is 0 Å². The Labute approximate surface area is 128 Å². The minimum Gasteiger partial charge on any atom is -0.379 e. The van der Waals surface area contributed by atoms with Crippen molar-refractivity contribution in [3.63, 3.8) is 0 Å². The Morgan fingerprint density at radius 1 is 0.619 bits per heavy atom. The summed E-state index contributed by atoms with van der Waals surface area (Å²) >= 11 is 0. The molecule has 0 amide bonds. The van der Waals surface area contributed by atoms with Crippen LogP contribution in [0.4, 0.5) is 0 Å². The molecule has 0 saturated heterocycles. The van der Waals surface area contributed by atoms with Crippen LogP contribution in [-0.2, 0) is 28.4 Å². The third-order valence-electron chi connectivity index (χ3n) is 2.44. The smallest absolute Gasteiger partial charge is 0.249 e. The molecule has 0 heterocycles. The van der Waals surface area contributed by atoms with Crippen molar-refractivity contribution < 1.29 is 28.4 Å². The first kappa shape index (κ1) is 20.7. The summed E-state index contributed by atoms with van der Waals surface area (Å²) in [4.78, 5) is 0. The molecule has 0 radical (unpaired) electrons. The number of ether oxygens (including phenoxy) is 6. The van der Waals surface area contributed by atoms with Crippen LogP contribution in [0.1, 0.15) is 20.8 Å². The van der Waals surface area contributed by atoms with E-state index in [0.717, 1.165) is 0 Å². The highest BCUT2D eigenvalue weighted by atomic mass is 16.7. The van der Waals surface area contributed by atoms with E-state index in [1.807, 2.05) is 20.8 Å². The molecule has 7 heteroatoms. The van der Waals surface area contributed by atoms with Crippen molar-refractivity contribution in [3.8, 4) is 0 Å². The van der Waals surface area contributed by atoms with Gasteiger partial charge >= 0.3 is 0 Å². The normalized spacial score (nSPS) is 12.0. The van der Waals surface area contributed by atoms with Crippen molar-refractivity contribution in [1.82, 2.24) is 0 Å². The highest BCUT2D eigenvalue weighted by molar-refractivity contribution is 4.60. The monoisotopic (exact) mass is 309 g/mol. The van der Waals surface area contributed by atoms with Crippen LogP contribution in [0.3, 0.4) is 0 Å². The van der Waals surface area contributed by atoms with Gasteiger partial charge in [0, 0.05) is 19.8 Å². The van der Waals surface area contributed by atoms with E-state index in [0.29, 0.717) is 59.5 Å². The molecule has 0 unspecified atom stereocenters. The topological polar surface area (TPSA) is 81.4 Å². The zero-order valence-electron chi connectivity index (χ0n) is 13.6. The molecule has 0 aliphatic heterocycles. The molecule has 2 N–H and O–H groups in total. The van der Waals surface area contributed by atoms with Crippen molar-refractivity contribution in [1.29, 1.82) is 0 Å². The fourth-order valence-electron chi connectivity index (χ4n) is 1.44. The summed E-state index contributed by atoms with van der Waals surface area (Å²) in [6.45, 7) is 10.4. The summed E-state index contributed by atoms with van der Waals surface area (Å²) in [5, 5.41) is 0. The molecule has 0 rings (SSSR count). The summed E-state index contributed by atoms with van der Waals surface area (Å²) in [6, 6.07) is 0. The molecule has 21 heavy (non-hydrogen) atoms. The van der Waals surface area contributed by atoms with Crippen molar-refractivity contribution in [2.45, 2.75) is 26.7 Å². The van der Waals surface area contributed by atoms with Gasteiger partial charge in [0.1, 0.15) is 6.61 Å². The molecule has 0 aliphatic rings. The minimum absolute atomic E-state index is 0.123. The van der Waals surface area contributed by atoms with Gasteiger partial charge in [0.05, 0.1) is 39.6 Å². The first-order chi connectivity index (χ1) is 10.2. The molecule has 0 saturated carbocycles. The lowest BCUT2D eigenvalue weighted by Gasteiger charge is -2.29. The van der Waals surface area contributed by atoms with Crippen LogP contribution in [0, 0.1) is 0 Å². The third kappa shape index (κ3) is 13.1. The second kappa shape index (κ2) is 14.6. The lowest BCUT2D eigenvalue weighted by atomic mass is 10.5. The van der Waals surface area contributed by atoms with E-state index in [1.54, 1.807) is 0 Å². The Morgan fingerprint density at radius 2 is 1.00 bits per heavy atom. The molecular weight excluding hydrogens is 278 g/mol. The van der Waals surface area contributed by atoms with Gasteiger partial charge in [0.15, 0.2) is 0 Å². The van der Waals surface area contributed by atoms with E-state index in [9.17, 15) is 0 Å². The minimum atomic E-state index is -1.29. The van der Waals surface area contributed by atoms with Crippen LogP contribution < -0.4 is 5.73 Å². The molecule has 0 aromatic heterocycles. The fraction of sp³-hybridized carbons (Fsp3) is 1.00. The van der Waals surface area contributed by atoms with Gasteiger partial charge in [-0.3, -0.25) is 5.73 Å². The van der Waals surface area contributed by atoms with E-state index in [4.69, 9.17) is 34.2 Å². The highest BCUT2D eigenvalue weighted by Crippen LogP contribution is 2.07. The molecule has 0 aromatic rings. The summed E-state index contributed by atoms with van der Waals surface area (Å²) in [7, 11) is 0.